The Morgan fingerprint density at radius 3 is 2.61 bits per heavy atom. The third-order valence-corrected chi connectivity index (χ3v) is 9.96. The number of rotatable bonds is 3. The van der Waals surface area contributed by atoms with E-state index in [0.717, 1.165) is 38.5 Å². The van der Waals surface area contributed by atoms with Gasteiger partial charge in [-0.25, -0.2) is 0 Å². The molecule has 6 atom stereocenters. The summed E-state index contributed by atoms with van der Waals surface area (Å²) in [6, 6.07) is 5.48. The molecular weight excluding hydrogens is 469 g/mol. The van der Waals surface area contributed by atoms with Crippen LogP contribution >= 0.6 is 0 Å². The highest BCUT2D eigenvalue weighted by atomic mass is 19.4. The number of carbonyl (C=O) groups excluding carboxylic acids is 2. The second kappa shape index (κ2) is 8.52. The number of hydrogen-bond acceptors (Lipinski definition) is 3. The van der Waals surface area contributed by atoms with E-state index < -0.39 is 6.36 Å². The monoisotopic (exact) mass is 504 g/mol. The summed E-state index contributed by atoms with van der Waals surface area (Å²) >= 11 is 0. The van der Waals surface area contributed by atoms with Gasteiger partial charge in [0.05, 0.1) is 0 Å². The molecule has 0 unspecified atom stereocenters. The van der Waals surface area contributed by atoms with Crippen molar-refractivity contribution in [2.45, 2.75) is 72.1 Å². The number of amides is 2. The van der Waals surface area contributed by atoms with E-state index in [9.17, 15) is 22.8 Å². The van der Waals surface area contributed by atoms with Crippen molar-refractivity contribution in [2.75, 3.05) is 12.4 Å². The highest BCUT2D eigenvalue weighted by molar-refractivity contribution is 5.93. The molecule has 2 amide bonds. The summed E-state index contributed by atoms with van der Waals surface area (Å²) in [6.07, 6.45) is 1.35. The molecule has 1 aromatic carbocycles. The van der Waals surface area contributed by atoms with Crippen molar-refractivity contribution in [2.24, 2.45) is 34.5 Å². The summed E-state index contributed by atoms with van der Waals surface area (Å²) in [4.78, 5) is 27.8. The highest BCUT2D eigenvalue weighted by Gasteiger charge is 2.61. The lowest BCUT2D eigenvalue weighted by molar-refractivity contribution is -0.274. The van der Waals surface area contributed by atoms with Gasteiger partial charge in [0, 0.05) is 42.3 Å². The first-order valence-electron chi connectivity index (χ1n) is 13.0. The average molecular weight is 505 g/mol. The van der Waals surface area contributed by atoms with Gasteiger partial charge in [-0.2, -0.15) is 0 Å². The second-order valence-electron chi connectivity index (χ2n) is 11.8. The fourth-order valence-electron chi connectivity index (χ4n) is 8.54. The lowest BCUT2D eigenvalue weighted by atomic mass is 9.48. The van der Waals surface area contributed by atoms with Crippen molar-refractivity contribution in [1.29, 1.82) is 0 Å². The van der Waals surface area contributed by atoms with Crippen LogP contribution in [0.25, 0.3) is 0 Å². The molecule has 2 saturated carbocycles. The number of allylic oxidation sites excluding steroid dienone is 2. The van der Waals surface area contributed by atoms with Crippen LogP contribution in [0.3, 0.4) is 0 Å². The van der Waals surface area contributed by atoms with E-state index in [0.29, 0.717) is 29.9 Å². The van der Waals surface area contributed by atoms with Gasteiger partial charge < -0.3 is 15.0 Å². The number of hydrogen-bond donors (Lipinski definition) is 1. The van der Waals surface area contributed by atoms with Crippen molar-refractivity contribution >= 4 is 17.5 Å². The van der Waals surface area contributed by atoms with Crippen molar-refractivity contribution in [3.8, 4) is 5.75 Å². The number of nitrogens with zero attached hydrogens (tertiary/aromatic N) is 1. The molecule has 1 N–H and O–H groups in total. The summed E-state index contributed by atoms with van der Waals surface area (Å²) in [6.45, 7) is 6.74. The summed E-state index contributed by atoms with van der Waals surface area (Å²) in [5.41, 5.74) is 2.65. The molecule has 36 heavy (non-hydrogen) atoms. The molecule has 4 aliphatic rings. The zero-order valence-corrected chi connectivity index (χ0v) is 21.4. The van der Waals surface area contributed by atoms with Gasteiger partial charge in [-0.1, -0.05) is 25.5 Å². The molecule has 8 heteroatoms. The molecule has 3 aliphatic carbocycles. The summed E-state index contributed by atoms with van der Waals surface area (Å²) in [5.74, 6) is 0.903. The van der Waals surface area contributed by atoms with E-state index in [-0.39, 0.29) is 34.3 Å². The third-order valence-electron chi connectivity index (χ3n) is 9.96. The molecule has 1 saturated heterocycles. The fourth-order valence-corrected chi connectivity index (χ4v) is 8.54. The van der Waals surface area contributed by atoms with Crippen LogP contribution in [0.1, 0.15) is 65.7 Å². The molecule has 1 heterocycles. The molecule has 1 aliphatic heterocycles. The number of anilines is 1. The molecule has 3 fully saturated rings. The molecule has 5 rings (SSSR count). The van der Waals surface area contributed by atoms with Gasteiger partial charge >= 0.3 is 6.36 Å². The minimum Gasteiger partial charge on any atom is -0.406 e. The van der Waals surface area contributed by atoms with E-state index in [1.165, 1.54) is 29.5 Å². The van der Waals surface area contributed by atoms with Gasteiger partial charge in [0.1, 0.15) is 5.75 Å². The van der Waals surface area contributed by atoms with Gasteiger partial charge in [0.25, 0.3) is 0 Å². The van der Waals surface area contributed by atoms with Crippen molar-refractivity contribution in [1.82, 2.24) is 4.90 Å². The summed E-state index contributed by atoms with van der Waals surface area (Å²) in [5, 5.41) is 2.87. The maximum absolute atomic E-state index is 13.4. The highest BCUT2D eigenvalue weighted by Crippen LogP contribution is 2.66. The molecule has 0 radical (unpaired) electrons. The second-order valence-corrected chi connectivity index (χ2v) is 11.8. The first kappa shape index (κ1) is 25.2. The Kier molecular flexibility index (Phi) is 5.95. The lowest BCUT2D eigenvalue weighted by Crippen LogP contribution is -2.54. The van der Waals surface area contributed by atoms with Crippen LogP contribution in [0.4, 0.5) is 18.9 Å². The van der Waals surface area contributed by atoms with E-state index in [2.05, 4.69) is 30.8 Å². The first-order chi connectivity index (χ1) is 16.8. The molecule has 5 nitrogen and oxygen atoms in total. The average Bonchev–Trinajstić information content (AvgIpc) is 3.13. The maximum atomic E-state index is 13.4. The Bertz CT molecular complexity index is 1120. The standard InChI is InChI=1S/C28H35F3N2O3/c1-16-14-19-20-8-9-22(25(35)32-17-6-5-7-18(15-17)36-28(29,30)31)26(20,2)12-10-21(19)27(3)13-11-23(34)33(4)24(16)27/h5-7,15,19-22H,8-14H2,1-4H3,(H,32,35)/t19-,20-,21-,22+,26-,27+/m0/s1. The third kappa shape index (κ3) is 4.01. The van der Waals surface area contributed by atoms with Crippen LogP contribution in [0.15, 0.2) is 35.5 Å². The number of piperidine rings is 1. The summed E-state index contributed by atoms with van der Waals surface area (Å²) in [7, 11) is 1.91. The Balaban J connectivity index is 1.36. The number of halogens is 3. The van der Waals surface area contributed by atoms with Crippen molar-refractivity contribution < 1.29 is 27.5 Å². The van der Waals surface area contributed by atoms with Crippen LogP contribution < -0.4 is 10.1 Å². The van der Waals surface area contributed by atoms with Gasteiger partial charge in [0.2, 0.25) is 11.8 Å². The van der Waals surface area contributed by atoms with Crippen LogP contribution in [0.5, 0.6) is 5.75 Å². The molecule has 0 aromatic heterocycles. The van der Waals surface area contributed by atoms with Crippen molar-refractivity contribution in [3.63, 3.8) is 0 Å². The minimum absolute atomic E-state index is 0.0176. The predicted molar refractivity (Wildman–Crippen MR) is 130 cm³/mol. The Labute approximate surface area is 210 Å². The molecular formula is C28H35F3N2O3. The minimum atomic E-state index is -4.78. The fraction of sp³-hybridized carbons (Fsp3) is 0.643. The topological polar surface area (TPSA) is 58.6 Å². The molecule has 0 bridgehead atoms. The first-order valence-corrected chi connectivity index (χ1v) is 13.0. The van der Waals surface area contributed by atoms with E-state index in [1.54, 1.807) is 6.07 Å². The summed E-state index contributed by atoms with van der Waals surface area (Å²) < 4.78 is 41.9. The molecule has 196 valence electrons. The van der Waals surface area contributed by atoms with Crippen LogP contribution in [-0.2, 0) is 9.59 Å². The van der Waals surface area contributed by atoms with Crippen molar-refractivity contribution in [3.05, 3.63) is 35.5 Å². The number of likely N-dealkylation sites (tertiary alicyclic amines) is 1. The number of benzene rings is 1. The van der Waals surface area contributed by atoms with Gasteiger partial charge in [-0.3, -0.25) is 9.59 Å². The Morgan fingerprint density at radius 2 is 1.89 bits per heavy atom. The van der Waals surface area contributed by atoms with E-state index >= 15 is 0 Å². The van der Waals surface area contributed by atoms with Gasteiger partial charge in [-0.05, 0) is 80.8 Å². The van der Waals surface area contributed by atoms with Crippen LogP contribution in [0, 0.1) is 34.5 Å². The smallest absolute Gasteiger partial charge is 0.406 e. The SMILES string of the molecule is CC1=C2N(C)C(=O)CC[C@]2(C)[C@H]2CC[C@]3(C)[C@@H](C(=O)Nc4cccc(OC(F)(F)F)c4)CC[C@H]3[C@@H]2C1. The zero-order valence-electron chi connectivity index (χ0n) is 21.4. The predicted octanol–water partition coefficient (Wildman–Crippen LogP) is 6.52. The number of ether oxygens (including phenoxy) is 1. The normalized spacial score (nSPS) is 36.2. The largest absolute Gasteiger partial charge is 0.573 e. The van der Waals surface area contributed by atoms with Crippen LogP contribution in [-0.4, -0.2) is 30.1 Å². The quantitative estimate of drug-likeness (QED) is 0.510. The van der Waals surface area contributed by atoms with Gasteiger partial charge in [-0.15, -0.1) is 13.2 Å². The van der Waals surface area contributed by atoms with E-state index in [1.807, 2.05) is 11.9 Å². The Morgan fingerprint density at radius 1 is 1.14 bits per heavy atom. The van der Waals surface area contributed by atoms with Crippen LogP contribution in [0.2, 0.25) is 0 Å². The molecule has 0 spiro atoms. The number of fused-ring (bicyclic) bond motifs is 5. The molecule has 1 aromatic rings. The number of alkyl halides is 3. The lowest BCUT2D eigenvalue weighted by Gasteiger charge is -2.59. The Hall–Kier alpha value is -2.51. The number of nitrogens with one attached hydrogen (secondary N) is 1. The maximum Gasteiger partial charge on any atom is 0.573 e. The number of carbonyl (C=O) groups is 2. The zero-order chi connectivity index (χ0) is 26.0. The van der Waals surface area contributed by atoms with Gasteiger partial charge in [0.15, 0.2) is 0 Å². The van der Waals surface area contributed by atoms with E-state index in [4.69, 9.17) is 0 Å².